The van der Waals surface area contributed by atoms with Gasteiger partial charge in [0.1, 0.15) is 11.9 Å². The molecule has 4 nitrogen and oxygen atoms in total. The van der Waals surface area contributed by atoms with Gasteiger partial charge in [-0.25, -0.2) is 4.79 Å². The minimum Gasteiger partial charge on any atom is -0.489 e. The zero-order valence-electron chi connectivity index (χ0n) is 20.6. The summed E-state index contributed by atoms with van der Waals surface area (Å²) in [7, 11) is 0. The SMILES string of the molecule is CC1=CCC(C)([C@@H]2C[C@H](CN[C@H](C)c3cccc4ccccc34)Oc3ccccc32)C=C1C(=O)O. The highest BCUT2D eigenvalue weighted by molar-refractivity contribution is 5.92. The molecule has 0 fully saturated rings. The predicted octanol–water partition coefficient (Wildman–Crippen LogP) is 6.79. The molecule has 0 aromatic heterocycles. The summed E-state index contributed by atoms with van der Waals surface area (Å²) in [6, 6.07) is 23.4. The molecule has 180 valence electrons. The third kappa shape index (κ3) is 4.51. The molecule has 3 aromatic carbocycles. The van der Waals surface area contributed by atoms with Gasteiger partial charge < -0.3 is 15.2 Å². The van der Waals surface area contributed by atoms with Crippen LogP contribution >= 0.6 is 0 Å². The summed E-state index contributed by atoms with van der Waals surface area (Å²) in [5.74, 6) is 0.226. The molecular weight excluding hydrogens is 434 g/mol. The van der Waals surface area contributed by atoms with E-state index in [0.29, 0.717) is 5.57 Å². The molecule has 1 aliphatic carbocycles. The van der Waals surface area contributed by atoms with E-state index in [9.17, 15) is 9.90 Å². The standard InChI is InChI=1S/C31H33NO3/c1-20-15-16-31(3,18-27(20)30(33)34)28-17-23(35-29-14-7-6-12-26(28)29)19-32-21(2)24-13-8-10-22-9-4-5-11-25(22)24/h4-15,18,21,23,28,32H,16-17,19H2,1-3H3,(H,33,34)/t21-,23-,28-,31?/m1/s1. The molecule has 1 heterocycles. The molecule has 4 heteroatoms. The average Bonchev–Trinajstić information content (AvgIpc) is 2.87. The number of allylic oxidation sites excluding steroid dienone is 2. The monoisotopic (exact) mass is 467 g/mol. The van der Waals surface area contributed by atoms with Gasteiger partial charge in [-0.05, 0) is 65.6 Å². The van der Waals surface area contributed by atoms with Crippen molar-refractivity contribution in [2.24, 2.45) is 5.41 Å². The first-order valence-corrected chi connectivity index (χ1v) is 12.5. The van der Waals surface area contributed by atoms with E-state index >= 15 is 0 Å². The fraction of sp³-hybridized carbons (Fsp3) is 0.323. The lowest BCUT2D eigenvalue weighted by Gasteiger charge is -2.43. The van der Waals surface area contributed by atoms with E-state index in [2.05, 4.69) is 73.8 Å². The van der Waals surface area contributed by atoms with Gasteiger partial charge in [-0.1, -0.05) is 79.7 Å². The molecule has 0 saturated carbocycles. The van der Waals surface area contributed by atoms with Crippen molar-refractivity contribution in [1.29, 1.82) is 0 Å². The molecule has 0 spiro atoms. The van der Waals surface area contributed by atoms with Crippen molar-refractivity contribution in [2.45, 2.75) is 51.7 Å². The lowest BCUT2D eigenvalue weighted by Crippen LogP contribution is -2.40. The number of ether oxygens (including phenoxy) is 1. The van der Waals surface area contributed by atoms with E-state index in [4.69, 9.17) is 4.74 Å². The number of aliphatic carboxylic acids is 1. The van der Waals surface area contributed by atoms with Gasteiger partial charge >= 0.3 is 5.97 Å². The van der Waals surface area contributed by atoms with Crippen molar-refractivity contribution in [1.82, 2.24) is 5.32 Å². The molecule has 4 atom stereocenters. The van der Waals surface area contributed by atoms with Crippen LogP contribution in [0.2, 0.25) is 0 Å². The molecular formula is C31H33NO3. The maximum atomic E-state index is 11.9. The van der Waals surface area contributed by atoms with Crippen molar-refractivity contribution in [2.75, 3.05) is 6.54 Å². The van der Waals surface area contributed by atoms with Crippen molar-refractivity contribution in [3.05, 3.63) is 101 Å². The molecule has 0 bridgehead atoms. The van der Waals surface area contributed by atoms with Crippen LogP contribution in [0.1, 0.15) is 56.7 Å². The van der Waals surface area contributed by atoms with E-state index < -0.39 is 5.97 Å². The average molecular weight is 468 g/mol. The van der Waals surface area contributed by atoms with Crippen LogP contribution in [-0.4, -0.2) is 23.7 Å². The first-order chi connectivity index (χ1) is 16.9. The summed E-state index contributed by atoms with van der Waals surface area (Å²) in [4.78, 5) is 11.9. The second-order valence-electron chi connectivity index (χ2n) is 10.2. The van der Waals surface area contributed by atoms with Gasteiger partial charge in [0.15, 0.2) is 0 Å². The summed E-state index contributed by atoms with van der Waals surface area (Å²) in [6.45, 7) is 7.00. The van der Waals surface area contributed by atoms with Gasteiger partial charge in [-0.2, -0.15) is 0 Å². The third-order valence-electron chi connectivity index (χ3n) is 7.80. The highest BCUT2D eigenvalue weighted by Crippen LogP contribution is 2.51. The number of para-hydroxylation sites is 1. The molecule has 0 amide bonds. The van der Waals surface area contributed by atoms with Crippen LogP contribution in [-0.2, 0) is 4.79 Å². The Bertz CT molecular complexity index is 1320. The smallest absolute Gasteiger partial charge is 0.335 e. The Labute approximate surface area is 207 Å². The number of hydrogen-bond donors (Lipinski definition) is 2. The zero-order valence-corrected chi connectivity index (χ0v) is 20.6. The van der Waals surface area contributed by atoms with E-state index in [1.807, 2.05) is 31.2 Å². The zero-order chi connectivity index (χ0) is 24.6. The van der Waals surface area contributed by atoms with Crippen LogP contribution in [0.5, 0.6) is 5.75 Å². The Morgan fingerprint density at radius 2 is 1.86 bits per heavy atom. The molecule has 3 aromatic rings. The Hall–Kier alpha value is -3.37. The summed E-state index contributed by atoms with van der Waals surface area (Å²) in [6.07, 6.45) is 5.72. The number of carboxylic acid groups (broad SMARTS) is 1. The number of hydrogen-bond acceptors (Lipinski definition) is 3. The van der Waals surface area contributed by atoms with Crippen LogP contribution in [0.3, 0.4) is 0 Å². The number of carboxylic acids is 1. The molecule has 2 N–H and O–H groups in total. The maximum absolute atomic E-state index is 11.9. The largest absolute Gasteiger partial charge is 0.489 e. The topological polar surface area (TPSA) is 58.6 Å². The van der Waals surface area contributed by atoms with Crippen molar-refractivity contribution in [3.63, 3.8) is 0 Å². The summed E-state index contributed by atoms with van der Waals surface area (Å²) in [5.41, 5.74) is 3.43. The minimum absolute atomic E-state index is 0.00201. The number of nitrogens with one attached hydrogen (secondary N) is 1. The van der Waals surface area contributed by atoms with E-state index in [1.54, 1.807) is 0 Å². The second-order valence-corrected chi connectivity index (χ2v) is 10.2. The van der Waals surface area contributed by atoms with Gasteiger partial charge in [-0.15, -0.1) is 0 Å². The van der Waals surface area contributed by atoms with Crippen LogP contribution in [0.25, 0.3) is 10.8 Å². The highest BCUT2D eigenvalue weighted by Gasteiger charge is 2.41. The highest BCUT2D eigenvalue weighted by atomic mass is 16.5. The number of carbonyl (C=O) groups is 1. The van der Waals surface area contributed by atoms with E-state index in [0.717, 1.165) is 30.7 Å². The van der Waals surface area contributed by atoms with Gasteiger partial charge in [-0.3, -0.25) is 0 Å². The van der Waals surface area contributed by atoms with Crippen LogP contribution in [0, 0.1) is 5.41 Å². The summed E-state index contributed by atoms with van der Waals surface area (Å²) < 4.78 is 6.45. The van der Waals surface area contributed by atoms with Gasteiger partial charge in [0, 0.05) is 18.5 Å². The number of rotatable bonds is 6. The molecule has 1 unspecified atom stereocenters. The first-order valence-electron chi connectivity index (χ1n) is 12.5. The van der Waals surface area contributed by atoms with Gasteiger partial charge in [0.2, 0.25) is 0 Å². The van der Waals surface area contributed by atoms with Gasteiger partial charge in [0.25, 0.3) is 0 Å². The molecule has 2 aliphatic rings. The van der Waals surface area contributed by atoms with Gasteiger partial charge in [0.05, 0.1) is 5.57 Å². The number of fused-ring (bicyclic) bond motifs is 2. The maximum Gasteiger partial charge on any atom is 0.335 e. The molecule has 5 rings (SSSR count). The Morgan fingerprint density at radius 1 is 1.11 bits per heavy atom. The first kappa shape index (κ1) is 23.4. The fourth-order valence-corrected chi connectivity index (χ4v) is 5.75. The van der Waals surface area contributed by atoms with Crippen molar-refractivity contribution >= 4 is 16.7 Å². The molecule has 0 saturated heterocycles. The quantitative estimate of drug-likeness (QED) is 0.419. The normalized spacial score (nSPS) is 24.7. The lowest BCUT2D eigenvalue weighted by molar-refractivity contribution is -0.132. The Balaban J connectivity index is 1.39. The van der Waals surface area contributed by atoms with Crippen LogP contribution < -0.4 is 10.1 Å². The minimum atomic E-state index is -0.854. The van der Waals surface area contributed by atoms with Crippen LogP contribution in [0.4, 0.5) is 0 Å². The second kappa shape index (κ2) is 9.35. The Morgan fingerprint density at radius 3 is 2.69 bits per heavy atom. The summed E-state index contributed by atoms with van der Waals surface area (Å²) in [5, 5.41) is 16.0. The molecule has 1 aliphatic heterocycles. The van der Waals surface area contributed by atoms with E-state index in [-0.39, 0.29) is 23.5 Å². The lowest BCUT2D eigenvalue weighted by atomic mass is 9.65. The van der Waals surface area contributed by atoms with Crippen molar-refractivity contribution in [3.8, 4) is 5.75 Å². The fourth-order valence-electron chi connectivity index (χ4n) is 5.75. The predicted molar refractivity (Wildman–Crippen MR) is 141 cm³/mol. The third-order valence-corrected chi connectivity index (χ3v) is 7.80. The van der Waals surface area contributed by atoms with Crippen LogP contribution in [0.15, 0.2) is 90.0 Å². The molecule has 35 heavy (non-hydrogen) atoms. The Kier molecular flexibility index (Phi) is 6.24. The summed E-state index contributed by atoms with van der Waals surface area (Å²) >= 11 is 0. The number of benzene rings is 3. The van der Waals surface area contributed by atoms with E-state index in [1.165, 1.54) is 21.9 Å². The van der Waals surface area contributed by atoms with Crippen molar-refractivity contribution < 1.29 is 14.6 Å². The molecule has 0 radical (unpaired) electrons.